The van der Waals surface area contributed by atoms with E-state index in [9.17, 15) is 4.79 Å². The molecule has 0 bridgehead atoms. The number of carbonyl (C=O) groups is 1. The SMILES string of the molecule is O=C1CCC(Cc2ccc(Cl)c(Cl)c2)CC1. The van der Waals surface area contributed by atoms with Crippen LogP contribution in [0.5, 0.6) is 0 Å². The van der Waals surface area contributed by atoms with Gasteiger partial charge in [0, 0.05) is 12.8 Å². The predicted octanol–water partition coefficient (Wildman–Crippen LogP) is 4.30. The van der Waals surface area contributed by atoms with Gasteiger partial charge >= 0.3 is 0 Å². The maximum absolute atomic E-state index is 11.1. The number of halogens is 2. The molecule has 0 aliphatic heterocycles. The highest BCUT2D eigenvalue weighted by Gasteiger charge is 2.18. The molecule has 2 rings (SSSR count). The molecule has 0 radical (unpaired) electrons. The Morgan fingerprint density at radius 3 is 2.44 bits per heavy atom. The second kappa shape index (κ2) is 5.20. The first-order valence-corrected chi connectivity index (χ1v) is 6.36. The fourth-order valence-corrected chi connectivity index (χ4v) is 2.52. The highest BCUT2D eigenvalue weighted by molar-refractivity contribution is 6.42. The van der Waals surface area contributed by atoms with E-state index in [0.717, 1.165) is 32.1 Å². The van der Waals surface area contributed by atoms with Crippen LogP contribution in [0.4, 0.5) is 0 Å². The van der Waals surface area contributed by atoms with Crippen LogP contribution in [0.15, 0.2) is 18.2 Å². The van der Waals surface area contributed by atoms with Crippen molar-refractivity contribution in [1.29, 1.82) is 0 Å². The topological polar surface area (TPSA) is 17.1 Å². The van der Waals surface area contributed by atoms with Crippen molar-refractivity contribution < 1.29 is 4.79 Å². The van der Waals surface area contributed by atoms with Gasteiger partial charge in [-0.25, -0.2) is 0 Å². The zero-order chi connectivity index (χ0) is 11.5. The molecule has 0 saturated heterocycles. The molecular weight excluding hydrogens is 243 g/mol. The largest absolute Gasteiger partial charge is 0.300 e. The first-order valence-electron chi connectivity index (χ1n) is 5.61. The monoisotopic (exact) mass is 256 g/mol. The molecule has 0 aromatic heterocycles. The standard InChI is InChI=1S/C13H14Cl2O/c14-12-6-3-10(8-13(12)15)7-9-1-4-11(16)5-2-9/h3,6,8-9H,1-2,4-5,7H2. The van der Waals surface area contributed by atoms with E-state index in [1.807, 2.05) is 18.2 Å². The Hall–Kier alpha value is -0.530. The third kappa shape index (κ3) is 2.99. The fraction of sp³-hybridized carbons (Fsp3) is 0.462. The first kappa shape index (κ1) is 11.9. The van der Waals surface area contributed by atoms with E-state index in [1.165, 1.54) is 5.56 Å². The Morgan fingerprint density at radius 2 is 1.81 bits per heavy atom. The summed E-state index contributed by atoms with van der Waals surface area (Å²) in [6.07, 6.45) is 4.51. The normalized spacial score (nSPS) is 17.8. The number of hydrogen-bond acceptors (Lipinski definition) is 1. The molecule has 0 atom stereocenters. The van der Waals surface area contributed by atoms with Gasteiger partial charge in [0.25, 0.3) is 0 Å². The predicted molar refractivity (Wildman–Crippen MR) is 67.1 cm³/mol. The molecule has 0 unspecified atom stereocenters. The van der Waals surface area contributed by atoms with Crippen LogP contribution in [-0.2, 0) is 11.2 Å². The summed E-state index contributed by atoms with van der Waals surface area (Å²) in [5.41, 5.74) is 1.22. The smallest absolute Gasteiger partial charge is 0.132 e. The van der Waals surface area contributed by atoms with E-state index < -0.39 is 0 Å². The molecule has 16 heavy (non-hydrogen) atoms. The Balaban J connectivity index is 1.98. The van der Waals surface area contributed by atoms with Crippen molar-refractivity contribution in [3.63, 3.8) is 0 Å². The molecule has 0 spiro atoms. The maximum Gasteiger partial charge on any atom is 0.132 e. The lowest BCUT2D eigenvalue weighted by atomic mass is 9.84. The van der Waals surface area contributed by atoms with Gasteiger partial charge in [0.1, 0.15) is 5.78 Å². The van der Waals surface area contributed by atoms with Crippen molar-refractivity contribution >= 4 is 29.0 Å². The minimum Gasteiger partial charge on any atom is -0.300 e. The lowest BCUT2D eigenvalue weighted by molar-refractivity contribution is -0.120. The molecule has 86 valence electrons. The van der Waals surface area contributed by atoms with Crippen LogP contribution in [-0.4, -0.2) is 5.78 Å². The molecule has 1 saturated carbocycles. The Bertz CT molecular complexity index is 391. The molecule has 1 nitrogen and oxygen atoms in total. The first-order chi connectivity index (χ1) is 7.65. The lowest BCUT2D eigenvalue weighted by Crippen LogP contribution is -2.15. The van der Waals surface area contributed by atoms with Gasteiger partial charge in [-0.05, 0) is 42.9 Å². The molecule has 1 aliphatic rings. The van der Waals surface area contributed by atoms with Gasteiger partial charge in [-0.2, -0.15) is 0 Å². The summed E-state index contributed by atoms with van der Waals surface area (Å²) >= 11 is 11.8. The summed E-state index contributed by atoms with van der Waals surface area (Å²) in [5, 5.41) is 1.22. The van der Waals surface area contributed by atoms with E-state index >= 15 is 0 Å². The van der Waals surface area contributed by atoms with Crippen molar-refractivity contribution in [2.45, 2.75) is 32.1 Å². The third-order valence-electron chi connectivity index (χ3n) is 3.17. The van der Waals surface area contributed by atoms with E-state index in [0.29, 0.717) is 21.7 Å². The Labute approximate surface area is 106 Å². The summed E-state index contributed by atoms with van der Waals surface area (Å²) in [6, 6.07) is 5.79. The average molecular weight is 257 g/mol. The van der Waals surface area contributed by atoms with E-state index in [4.69, 9.17) is 23.2 Å². The Kier molecular flexibility index (Phi) is 3.88. The number of ketones is 1. The molecule has 0 amide bonds. The van der Waals surface area contributed by atoms with Crippen LogP contribution in [0.25, 0.3) is 0 Å². The summed E-state index contributed by atoms with van der Waals surface area (Å²) in [4.78, 5) is 11.1. The number of Topliss-reactive ketones (excluding diaryl/α,β-unsaturated/α-hetero) is 1. The minimum absolute atomic E-state index is 0.408. The number of carbonyl (C=O) groups excluding carboxylic acids is 1. The van der Waals surface area contributed by atoms with Crippen LogP contribution >= 0.6 is 23.2 Å². The van der Waals surface area contributed by atoms with Gasteiger partial charge in [-0.1, -0.05) is 29.3 Å². The molecule has 1 aromatic rings. The second-order valence-corrected chi connectivity index (χ2v) is 5.25. The van der Waals surface area contributed by atoms with Crippen molar-refractivity contribution in [1.82, 2.24) is 0 Å². The number of hydrogen-bond donors (Lipinski definition) is 0. The van der Waals surface area contributed by atoms with Crippen molar-refractivity contribution in [2.24, 2.45) is 5.92 Å². The van der Waals surface area contributed by atoms with Crippen LogP contribution in [0.1, 0.15) is 31.2 Å². The maximum atomic E-state index is 11.1. The highest BCUT2D eigenvalue weighted by atomic mass is 35.5. The fourth-order valence-electron chi connectivity index (χ4n) is 2.20. The van der Waals surface area contributed by atoms with E-state index in [1.54, 1.807) is 0 Å². The second-order valence-electron chi connectivity index (χ2n) is 4.43. The van der Waals surface area contributed by atoms with E-state index in [-0.39, 0.29) is 0 Å². The average Bonchev–Trinajstić information content (AvgIpc) is 2.27. The summed E-state index contributed by atoms with van der Waals surface area (Å²) in [7, 11) is 0. The molecular formula is C13H14Cl2O. The highest BCUT2D eigenvalue weighted by Crippen LogP contribution is 2.28. The molecule has 1 fully saturated rings. The van der Waals surface area contributed by atoms with Gasteiger partial charge in [0.05, 0.1) is 10.0 Å². The molecule has 0 N–H and O–H groups in total. The van der Waals surface area contributed by atoms with Crippen LogP contribution in [0.2, 0.25) is 10.0 Å². The zero-order valence-electron chi connectivity index (χ0n) is 9.01. The number of rotatable bonds is 2. The van der Waals surface area contributed by atoms with Crippen molar-refractivity contribution in [3.05, 3.63) is 33.8 Å². The summed E-state index contributed by atoms with van der Waals surface area (Å²) in [5.74, 6) is 1.03. The Morgan fingerprint density at radius 1 is 1.12 bits per heavy atom. The van der Waals surface area contributed by atoms with Crippen molar-refractivity contribution in [2.75, 3.05) is 0 Å². The minimum atomic E-state index is 0.408. The number of benzene rings is 1. The van der Waals surface area contributed by atoms with Crippen LogP contribution in [0, 0.1) is 5.92 Å². The molecule has 0 heterocycles. The van der Waals surface area contributed by atoms with Crippen molar-refractivity contribution in [3.8, 4) is 0 Å². The van der Waals surface area contributed by atoms with Crippen LogP contribution in [0.3, 0.4) is 0 Å². The van der Waals surface area contributed by atoms with E-state index in [2.05, 4.69) is 0 Å². The van der Waals surface area contributed by atoms with Gasteiger partial charge in [-0.3, -0.25) is 4.79 Å². The van der Waals surface area contributed by atoms with Gasteiger partial charge in [0.15, 0.2) is 0 Å². The van der Waals surface area contributed by atoms with Gasteiger partial charge < -0.3 is 0 Å². The lowest BCUT2D eigenvalue weighted by Gasteiger charge is -2.20. The zero-order valence-corrected chi connectivity index (χ0v) is 10.5. The quantitative estimate of drug-likeness (QED) is 0.772. The molecule has 3 heteroatoms. The third-order valence-corrected chi connectivity index (χ3v) is 3.91. The van der Waals surface area contributed by atoms with Crippen LogP contribution < -0.4 is 0 Å². The molecule has 1 aromatic carbocycles. The summed E-state index contributed by atoms with van der Waals surface area (Å²) < 4.78 is 0. The van der Waals surface area contributed by atoms with Gasteiger partial charge in [0.2, 0.25) is 0 Å². The molecule has 1 aliphatic carbocycles. The van der Waals surface area contributed by atoms with Gasteiger partial charge in [-0.15, -0.1) is 0 Å². The summed E-state index contributed by atoms with van der Waals surface area (Å²) in [6.45, 7) is 0.